The van der Waals surface area contributed by atoms with E-state index in [0.717, 1.165) is 45.5 Å². The smallest absolute Gasteiger partial charge is 0.0700 e. The Kier molecular flexibility index (Phi) is 3.97. The van der Waals surface area contributed by atoms with Gasteiger partial charge in [-0.1, -0.05) is 0 Å². The lowest BCUT2D eigenvalue weighted by atomic mass is 9.89. The summed E-state index contributed by atoms with van der Waals surface area (Å²) in [5.74, 6) is 0. The summed E-state index contributed by atoms with van der Waals surface area (Å²) in [7, 11) is 0. The van der Waals surface area contributed by atoms with E-state index in [2.05, 4.69) is 10.6 Å². The molecule has 0 saturated carbocycles. The molecule has 15 heavy (non-hydrogen) atoms. The molecule has 0 aromatic rings. The third-order valence-corrected chi connectivity index (χ3v) is 3.59. The Hall–Kier alpha value is -0.160. The fourth-order valence-corrected chi connectivity index (χ4v) is 2.43. The van der Waals surface area contributed by atoms with Gasteiger partial charge in [-0.25, -0.2) is 0 Å². The Morgan fingerprint density at radius 1 is 1.40 bits per heavy atom. The van der Waals surface area contributed by atoms with Crippen molar-refractivity contribution in [3.8, 4) is 0 Å². The van der Waals surface area contributed by atoms with Gasteiger partial charge >= 0.3 is 0 Å². The number of hydrogen-bond donors (Lipinski definition) is 3. The van der Waals surface area contributed by atoms with Crippen LogP contribution in [-0.4, -0.2) is 49.6 Å². The average molecular weight is 214 g/mol. The minimum Gasteiger partial charge on any atom is -0.394 e. The summed E-state index contributed by atoms with van der Waals surface area (Å²) in [4.78, 5) is 0. The summed E-state index contributed by atoms with van der Waals surface area (Å²) in [6, 6.07) is 0. The number of ether oxygens (including phenoxy) is 1. The number of hydrogen-bond acceptors (Lipinski definition) is 4. The van der Waals surface area contributed by atoms with Crippen LogP contribution in [0.15, 0.2) is 0 Å². The van der Waals surface area contributed by atoms with Gasteiger partial charge in [-0.3, -0.25) is 0 Å². The summed E-state index contributed by atoms with van der Waals surface area (Å²) in [6.45, 7) is 4.03. The third-order valence-electron chi connectivity index (χ3n) is 3.59. The predicted molar refractivity (Wildman–Crippen MR) is 58.9 cm³/mol. The Labute approximate surface area is 91.4 Å². The Bertz CT molecular complexity index is 187. The minimum absolute atomic E-state index is 0.0583. The zero-order valence-electron chi connectivity index (χ0n) is 9.30. The highest BCUT2D eigenvalue weighted by Gasteiger charge is 2.31. The molecule has 2 aliphatic heterocycles. The van der Waals surface area contributed by atoms with Crippen LogP contribution in [0.5, 0.6) is 0 Å². The van der Waals surface area contributed by atoms with Crippen molar-refractivity contribution in [2.45, 2.75) is 37.3 Å². The molecule has 4 nitrogen and oxygen atoms in total. The molecule has 0 bridgehead atoms. The van der Waals surface area contributed by atoms with Crippen LogP contribution in [0, 0.1) is 0 Å². The molecule has 3 N–H and O–H groups in total. The van der Waals surface area contributed by atoms with Crippen LogP contribution >= 0.6 is 0 Å². The van der Waals surface area contributed by atoms with E-state index < -0.39 is 0 Å². The zero-order chi connectivity index (χ0) is 10.6. The van der Waals surface area contributed by atoms with Crippen LogP contribution in [0.2, 0.25) is 0 Å². The summed E-state index contributed by atoms with van der Waals surface area (Å²) in [6.07, 6.45) is 4.72. The van der Waals surface area contributed by atoms with Crippen molar-refractivity contribution in [2.75, 3.05) is 32.8 Å². The molecule has 2 saturated heterocycles. The van der Waals surface area contributed by atoms with Gasteiger partial charge in [0.15, 0.2) is 0 Å². The topological polar surface area (TPSA) is 53.5 Å². The largest absolute Gasteiger partial charge is 0.394 e. The molecule has 0 amide bonds. The quantitative estimate of drug-likeness (QED) is 0.610. The van der Waals surface area contributed by atoms with Crippen molar-refractivity contribution >= 4 is 0 Å². The monoisotopic (exact) mass is 214 g/mol. The standard InChI is InChI=1S/C11H22N2O2/c14-9-11(3-5-12-6-4-11)13-8-10-2-1-7-15-10/h10,12-14H,1-9H2. The third kappa shape index (κ3) is 2.91. The lowest BCUT2D eigenvalue weighted by molar-refractivity contribution is 0.0771. The van der Waals surface area contributed by atoms with Crippen molar-refractivity contribution < 1.29 is 9.84 Å². The van der Waals surface area contributed by atoms with Crippen LogP contribution in [0.25, 0.3) is 0 Å². The maximum Gasteiger partial charge on any atom is 0.0700 e. The molecule has 1 atom stereocenters. The van der Waals surface area contributed by atoms with Crippen LogP contribution in [0.3, 0.4) is 0 Å². The van der Waals surface area contributed by atoms with E-state index in [9.17, 15) is 5.11 Å². The predicted octanol–water partition coefficient (Wildman–Crippen LogP) is -0.131. The highest BCUT2D eigenvalue weighted by atomic mass is 16.5. The van der Waals surface area contributed by atoms with Crippen LogP contribution in [-0.2, 0) is 4.74 Å². The van der Waals surface area contributed by atoms with E-state index in [1.165, 1.54) is 6.42 Å². The lowest BCUT2D eigenvalue weighted by Crippen LogP contribution is -2.56. The Morgan fingerprint density at radius 3 is 2.80 bits per heavy atom. The molecule has 2 fully saturated rings. The molecule has 0 aromatic heterocycles. The molecule has 0 spiro atoms. The van der Waals surface area contributed by atoms with Crippen LogP contribution < -0.4 is 10.6 Å². The molecule has 88 valence electrons. The van der Waals surface area contributed by atoms with E-state index in [-0.39, 0.29) is 12.1 Å². The van der Waals surface area contributed by atoms with Crippen molar-refractivity contribution in [1.82, 2.24) is 10.6 Å². The summed E-state index contributed by atoms with van der Waals surface area (Å²) < 4.78 is 5.57. The molecular formula is C11H22N2O2. The highest BCUT2D eigenvalue weighted by molar-refractivity contribution is 4.92. The van der Waals surface area contributed by atoms with Crippen molar-refractivity contribution in [2.24, 2.45) is 0 Å². The molecule has 2 aliphatic rings. The van der Waals surface area contributed by atoms with Gasteiger partial charge in [-0.05, 0) is 38.8 Å². The average Bonchev–Trinajstić information content (AvgIpc) is 2.81. The molecule has 2 heterocycles. The molecule has 2 rings (SSSR count). The summed E-state index contributed by atoms with van der Waals surface area (Å²) >= 11 is 0. The molecule has 0 radical (unpaired) electrons. The normalized spacial score (nSPS) is 30.6. The second-order valence-electron chi connectivity index (χ2n) is 4.70. The van der Waals surface area contributed by atoms with Gasteiger partial charge in [0.05, 0.1) is 12.7 Å². The van der Waals surface area contributed by atoms with E-state index in [1.54, 1.807) is 0 Å². The van der Waals surface area contributed by atoms with E-state index >= 15 is 0 Å². The maximum atomic E-state index is 9.48. The van der Waals surface area contributed by atoms with Crippen LogP contribution in [0.4, 0.5) is 0 Å². The number of piperidine rings is 1. The zero-order valence-corrected chi connectivity index (χ0v) is 9.30. The van der Waals surface area contributed by atoms with Gasteiger partial charge in [-0.15, -0.1) is 0 Å². The van der Waals surface area contributed by atoms with E-state index in [0.29, 0.717) is 6.10 Å². The first kappa shape index (κ1) is 11.3. The Morgan fingerprint density at radius 2 is 2.20 bits per heavy atom. The first-order valence-electron chi connectivity index (χ1n) is 6.03. The number of rotatable bonds is 4. The van der Waals surface area contributed by atoms with Crippen molar-refractivity contribution in [3.63, 3.8) is 0 Å². The first-order chi connectivity index (χ1) is 7.35. The van der Waals surface area contributed by atoms with E-state index in [1.807, 2.05) is 0 Å². The minimum atomic E-state index is -0.0583. The van der Waals surface area contributed by atoms with Gasteiger partial charge in [-0.2, -0.15) is 0 Å². The summed E-state index contributed by atoms with van der Waals surface area (Å²) in [5.41, 5.74) is -0.0583. The molecule has 0 aliphatic carbocycles. The molecular weight excluding hydrogens is 192 g/mol. The first-order valence-corrected chi connectivity index (χ1v) is 6.03. The highest BCUT2D eigenvalue weighted by Crippen LogP contribution is 2.19. The SMILES string of the molecule is OCC1(NCC2CCCO2)CCNCC1. The molecule has 0 aromatic carbocycles. The van der Waals surface area contributed by atoms with E-state index in [4.69, 9.17) is 4.74 Å². The van der Waals surface area contributed by atoms with Crippen LogP contribution in [0.1, 0.15) is 25.7 Å². The van der Waals surface area contributed by atoms with Gasteiger partial charge in [0, 0.05) is 18.7 Å². The lowest BCUT2D eigenvalue weighted by Gasteiger charge is -2.37. The fourth-order valence-electron chi connectivity index (χ4n) is 2.43. The van der Waals surface area contributed by atoms with Gasteiger partial charge in [0.1, 0.15) is 0 Å². The second kappa shape index (κ2) is 5.25. The van der Waals surface area contributed by atoms with Crippen molar-refractivity contribution in [1.29, 1.82) is 0 Å². The van der Waals surface area contributed by atoms with Gasteiger partial charge in [0.2, 0.25) is 0 Å². The van der Waals surface area contributed by atoms with Gasteiger partial charge in [0.25, 0.3) is 0 Å². The number of aliphatic hydroxyl groups is 1. The Balaban J connectivity index is 1.78. The van der Waals surface area contributed by atoms with Gasteiger partial charge < -0.3 is 20.5 Å². The second-order valence-corrected chi connectivity index (χ2v) is 4.70. The molecule has 4 heteroatoms. The van der Waals surface area contributed by atoms with Crippen molar-refractivity contribution in [3.05, 3.63) is 0 Å². The number of nitrogens with one attached hydrogen (secondary N) is 2. The summed E-state index contributed by atoms with van der Waals surface area (Å²) in [5, 5.41) is 16.3. The maximum absolute atomic E-state index is 9.48. The fraction of sp³-hybridized carbons (Fsp3) is 1.00. The molecule has 1 unspecified atom stereocenters. The number of aliphatic hydroxyl groups excluding tert-OH is 1.